The first kappa shape index (κ1) is 15.1. The van der Waals surface area contributed by atoms with Crippen molar-refractivity contribution in [3.63, 3.8) is 0 Å². The van der Waals surface area contributed by atoms with Gasteiger partial charge in [0, 0.05) is 32.5 Å². The van der Waals surface area contributed by atoms with Crippen LogP contribution in [0.5, 0.6) is 0 Å². The topological polar surface area (TPSA) is 60.9 Å². The number of piperidine rings is 1. The van der Waals surface area contributed by atoms with E-state index in [0.29, 0.717) is 32.5 Å². The minimum Gasteiger partial charge on any atom is -0.396 e. The van der Waals surface area contributed by atoms with E-state index >= 15 is 0 Å². The number of likely N-dealkylation sites (tertiary alicyclic amines) is 1. The number of nitrogens with zero attached hydrogens (tertiary/aromatic N) is 2. The Balaban J connectivity index is 2.16. The third kappa shape index (κ3) is 5.60. The highest BCUT2D eigenvalue weighted by molar-refractivity contribution is 5.84. The summed E-state index contributed by atoms with van der Waals surface area (Å²) in [6, 6.07) is 0. The van der Waals surface area contributed by atoms with E-state index in [1.807, 2.05) is 11.9 Å². The molecular weight excluding hydrogens is 232 g/mol. The number of aliphatic hydroxyl groups excluding tert-OH is 1. The Labute approximate surface area is 109 Å². The van der Waals surface area contributed by atoms with Crippen molar-refractivity contribution in [3.8, 4) is 0 Å². The molecule has 1 heterocycles. The van der Waals surface area contributed by atoms with Crippen LogP contribution in [0.4, 0.5) is 0 Å². The number of rotatable bonds is 7. The molecule has 0 bridgehead atoms. The van der Waals surface area contributed by atoms with E-state index in [1.165, 1.54) is 0 Å². The number of carbonyl (C=O) groups excluding carboxylic acids is 2. The molecule has 1 amide bonds. The first-order chi connectivity index (χ1) is 8.63. The van der Waals surface area contributed by atoms with Gasteiger partial charge in [0.25, 0.3) is 0 Å². The van der Waals surface area contributed by atoms with Crippen LogP contribution in [0.1, 0.15) is 32.1 Å². The summed E-state index contributed by atoms with van der Waals surface area (Å²) in [4.78, 5) is 26.8. The van der Waals surface area contributed by atoms with Crippen LogP contribution in [0.25, 0.3) is 0 Å². The quantitative estimate of drug-likeness (QED) is 0.664. The maximum absolute atomic E-state index is 11.9. The van der Waals surface area contributed by atoms with E-state index in [-0.39, 0.29) is 18.3 Å². The van der Waals surface area contributed by atoms with Crippen molar-refractivity contribution in [2.24, 2.45) is 0 Å². The molecule has 5 heteroatoms. The van der Waals surface area contributed by atoms with Crippen molar-refractivity contribution < 1.29 is 14.7 Å². The highest BCUT2D eigenvalue weighted by atomic mass is 16.3. The van der Waals surface area contributed by atoms with Gasteiger partial charge in [-0.1, -0.05) is 0 Å². The SMILES string of the molecule is CN(CCCCCO)CC(=O)N1CCC(=O)CC1. The van der Waals surface area contributed by atoms with Crippen LogP contribution in [0.15, 0.2) is 0 Å². The zero-order valence-electron chi connectivity index (χ0n) is 11.2. The van der Waals surface area contributed by atoms with Gasteiger partial charge in [-0.2, -0.15) is 0 Å². The van der Waals surface area contributed by atoms with Crippen LogP contribution >= 0.6 is 0 Å². The third-order valence-corrected chi connectivity index (χ3v) is 3.28. The fourth-order valence-electron chi connectivity index (χ4n) is 2.09. The van der Waals surface area contributed by atoms with Gasteiger partial charge in [-0.15, -0.1) is 0 Å². The molecule has 0 aliphatic carbocycles. The number of hydrogen-bond donors (Lipinski definition) is 1. The number of amides is 1. The molecule has 0 aromatic carbocycles. The molecule has 0 saturated carbocycles. The molecular formula is C13H24N2O3. The first-order valence-corrected chi connectivity index (χ1v) is 6.72. The van der Waals surface area contributed by atoms with Crippen molar-refractivity contribution in [2.75, 3.05) is 39.8 Å². The van der Waals surface area contributed by atoms with Crippen LogP contribution in [-0.2, 0) is 9.59 Å². The van der Waals surface area contributed by atoms with Crippen molar-refractivity contribution in [2.45, 2.75) is 32.1 Å². The molecule has 0 aromatic rings. The van der Waals surface area contributed by atoms with Gasteiger partial charge in [-0.05, 0) is 32.9 Å². The van der Waals surface area contributed by atoms with E-state index in [2.05, 4.69) is 0 Å². The smallest absolute Gasteiger partial charge is 0.236 e. The molecule has 18 heavy (non-hydrogen) atoms. The maximum atomic E-state index is 11.9. The van der Waals surface area contributed by atoms with Crippen molar-refractivity contribution in [1.29, 1.82) is 0 Å². The lowest BCUT2D eigenvalue weighted by Gasteiger charge is -2.28. The normalized spacial score (nSPS) is 16.4. The van der Waals surface area contributed by atoms with Crippen LogP contribution in [0, 0.1) is 0 Å². The molecule has 1 aliphatic rings. The molecule has 1 N–H and O–H groups in total. The number of hydrogen-bond acceptors (Lipinski definition) is 4. The van der Waals surface area contributed by atoms with E-state index in [0.717, 1.165) is 25.8 Å². The summed E-state index contributed by atoms with van der Waals surface area (Å²) in [6.07, 6.45) is 3.84. The first-order valence-electron chi connectivity index (χ1n) is 6.72. The zero-order valence-corrected chi connectivity index (χ0v) is 11.2. The van der Waals surface area contributed by atoms with Crippen LogP contribution in [-0.4, -0.2) is 66.4 Å². The lowest BCUT2D eigenvalue weighted by atomic mass is 10.1. The molecule has 1 fully saturated rings. The van der Waals surface area contributed by atoms with Gasteiger partial charge < -0.3 is 10.0 Å². The lowest BCUT2D eigenvalue weighted by molar-refractivity contribution is -0.135. The standard InChI is InChI=1S/C13H24N2O3/c1-14(7-3-2-4-10-16)11-13(18)15-8-5-12(17)6-9-15/h16H,2-11H2,1H3. The Kier molecular flexibility index (Phi) is 6.90. The lowest BCUT2D eigenvalue weighted by Crippen LogP contribution is -2.43. The molecule has 0 unspecified atom stereocenters. The van der Waals surface area contributed by atoms with Gasteiger partial charge in [-0.25, -0.2) is 0 Å². The van der Waals surface area contributed by atoms with Crippen LogP contribution in [0.2, 0.25) is 0 Å². The summed E-state index contributed by atoms with van der Waals surface area (Å²) in [7, 11) is 1.94. The molecule has 1 rings (SSSR count). The average molecular weight is 256 g/mol. The number of carbonyl (C=O) groups is 2. The Bertz CT molecular complexity index is 271. The number of aliphatic hydroxyl groups is 1. The van der Waals surface area contributed by atoms with Gasteiger partial charge in [0.05, 0.1) is 6.54 Å². The molecule has 104 valence electrons. The molecule has 1 saturated heterocycles. The van der Waals surface area contributed by atoms with Gasteiger partial charge in [0.15, 0.2) is 0 Å². The minimum absolute atomic E-state index is 0.118. The van der Waals surface area contributed by atoms with Gasteiger partial charge >= 0.3 is 0 Å². The predicted octanol–water partition coefficient (Wildman–Crippen LogP) is 0.272. The van der Waals surface area contributed by atoms with Gasteiger partial charge in [-0.3, -0.25) is 14.5 Å². The second-order valence-corrected chi connectivity index (χ2v) is 4.94. The monoisotopic (exact) mass is 256 g/mol. The number of unbranched alkanes of at least 4 members (excludes halogenated alkanes) is 2. The number of ketones is 1. The molecule has 0 atom stereocenters. The van der Waals surface area contributed by atoms with Crippen LogP contribution in [0.3, 0.4) is 0 Å². The average Bonchev–Trinajstić information content (AvgIpc) is 2.35. The Morgan fingerprint density at radius 3 is 2.56 bits per heavy atom. The summed E-state index contributed by atoms with van der Waals surface area (Å²) in [5, 5.41) is 8.67. The zero-order chi connectivity index (χ0) is 13.4. The largest absolute Gasteiger partial charge is 0.396 e. The second-order valence-electron chi connectivity index (χ2n) is 4.94. The van der Waals surface area contributed by atoms with Crippen molar-refractivity contribution >= 4 is 11.7 Å². The summed E-state index contributed by atoms with van der Waals surface area (Å²) in [5.41, 5.74) is 0. The fraction of sp³-hybridized carbons (Fsp3) is 0.846. The van der Waals surface area contributed by atoms with Gasteiger partial charge in [0.2, 0.25) is 5.91 Å². The highest BCUT2D eigenvalue weighted by Crippen LogP contribution is 2.06. The van der Waals surface area contributed by atoms with Crippen LogP contribution < -0.4 is 0 Å². The summed E-state index contributed by atoms with van der Waals surface area (Å²) in [5.74, 6) is 0.378. The highest BCUT2D eigenvalue weighted by Gasteiger charge is 2.21. The maximum Gasteiger partial charge on any atom is 0.236 e. The minimum atomic E-state index is 0.118. The number of Topliss-reactive ketones (excluding diaryl/α,β-unsaturated/α-hetero) is 1. The van der Waals surface area contributed by atoms with Gasteiger partial charge in [0.1, 0.15) is 5.78 Å². The van der Waals surface area contributed by atoms with E-state index in [9.17, 15) is 9.59 Å². The van der Waals surface area contributed by atoms with E-state index in [4.69, 9.17) is 5.11 Å². The molecule has 0 spiro atoms. The second kappa shape index (κ2) is 8.21. The molecule has 1 aliphatic heterocycles. The molecule has 0 radical (unpaired) electrons. The Hall–Kier alpha value is -0.940. The Morgan fingerprint density at radius 2 is 1.94 bits per heavy atom. The summed E-state index contributed by atoms with van der Waals surface area (Å²) < 4.78 is 0. The molecule has 5 nitrogen and oxygen atoms in total. The summed E-state index contributed by atoms with van der Waals surface area (Å²) >= 11 is 0. The van der Waals surface area contributed by atoms with E-state index in [1.54, 1.807) is 4.90 Å². The van der Waals surface area contributed by atoms with Crippen molar-refractivity contribution in [3.05, 3.63) is 0 Å². The van der Waals surface area contributed by atoms with E-state index < -0.39 is 0 Å². The van der Waals surface area contributed by atoms with Crippen molar-refractivity contribution in [1.82, 2.24) is 9.80 Å². The summed E-state index contributed by atoms with van der Waals surface area (Å²) in [6.45, 7) is 2.70. The fourth-order valence-corrected chi connectivity index (χ4v) is 2.09. The third-order valence-electron chi connectivity index (χ3n) is 3.28. The predicted molar refractivity (Wildman–Crippen MR) is 69.3 cm³/mol. The number of likely N-dealkylation sites (N-methyl/N-ethyl adjacent to an activating group) is 1. The Morgan fingerprint density at radius 1 is 1.28 bits per heavy atom. The molecule has 0 aromatic heterocycles.